The molecule has 1 aliphatic heterocycles. The molecule has 0 radical (unpaired) electrons. The maximum atomic E-state index is 12.6. The molecule has 0 saturated carbocycles. The first-order valence-corrected chi connectivity index (χ1v) is 10.0. The van der Waals surface area contributed by atoms with Crippen LogP contribution in [-0.2, 0) is 4.79 Å². The van der Waals surface area contributed by atoms with E-state index in [-0.39, 0.29) is 11.8 Å². The third-order valence-corrected chi connectivity index (χ3v) is 5.21. The SMILES string of the molecule is CCOc1ccc(N2CC(c3nc(-c4ccc(C(C)C)cc4)no3)CC2=O)cc1. The Morgan fingerprint density at radius 1 is 1.14 bits per heavy atom. The van der Waals surface area contributed by atoms with Gasteiger partial charge in [-0.15, -0.1) is 0 Å². The van der Waals surface area contributed by atoms with Gasteiger partial charge in [-0.25, -0.2) is 0 Å². The summed E-state index contributed by atoms with van der Waals surface area (Å²) in [7, 11) is 0. The van der Waals surface area contributed by atoms with Crippen molar-refractivity contribution in [2.24, 2.45) is 0 Å². The molecule has 1 fully saturated rings. The van der Waals surface area contributed by atoms with Crippen molar-refractivity contribution in [2.45, 2.75) is 39.0 Å². The number of benzene rings is 2. The molecule has 2 heterocycles. The first-order valence-electron chi connectivity index (χ1n) is 10.0. The van der Waals surface area contributed by atoms with Gasteiger partial charge in [-0.05, 0) is 42.7 Å². The van der Waals surface area contributed by atoms with Crippen LogP contribution in [0, 0.1) is 0 Å². The van der Waals surface area contributed by atoms with E-state index >= 15 is 0 Å². The number of carbonyl (C=O) groups excluding carboxylic acids is 1. The highest BCUT2D eigenvalue weighted by atomic mass is 16.5. The summed E-state index contributed by atoms with van der Waals surface area (Å²) in [4.78, 5) is 18.9. The summed E-state index contributed by atoms with van der Waals surface area (Å²) in [5, 5.41) is 4.13. The van der Waals surface area contributed by atoms with Crippen LogP contribution in [0.25, 0.3) is 11.4 Å². The lowest BCUT2D eigenvalue weighted by Gasteiger charge is -2.16. The lowest BCUT2D eigenvalue weighted by atomic mass is 10.0. The Hall–Kier alpha value is -3.15. The van der Waals surface area contributed by atoms with Gasteiger partial charge in [-0.2, -0.15) is 4.98 Å². The topological polar surface area (TPSA) is 68.5 Å². The van der Waals surface area contributed by atoms with E-state index in [2.05, 4.69) is 36.1 Å². The van der Waals surface area contributed by atoms with Crippen LogP contribution in [0.2, 0.25) is 0 Å². The predicted octanol–water partition coefficient (Wildman–Crippen LogP) is 4.78. The van der Waals surface area contributed by atoms with Crippen LogP contribution >= 0.6 is 0 Å². The predicted molar refractivity (Wildman–Crippen MR) is 111 cm³/mol. The van der Waals surface area contributed by atoms with Gasteiger partial charge < -0.3 is 14.2 Å². The van der Waals surface area contributed by atoms with Gasteiger partial charge in [0.15, 0.2) is 0 Å². The van der Waals surface area contributed by atoms with Crippen LogP contribution in [0.3, 0.4) is 0 Å². The first-order chi connectivity index (χ1) is 14.0. The van der Waals surface area contributed by atoms with Crippen LogP contribution in [0.5, 0.6) is 5.75 Å². The zero-order chi connectivity index (χ0) is 20.4. The smallest absolute Gasteiger partial charge is 0.232 e. The number of hydrogen-bond acceptors (Lipinski definition) is 5. The molecule has 1 aliphatic rings. The molecular weight excluding hydrogens is 366 g/mol. The van der Waals surface area contributed by atoms with Crippen LogP contribution in [0.1, 0.15) is 50.5 Å². The molecule has 0 bridgehead atoms. The second-order valence-corrected chi connectivity index (χ2v) is 7.57. The molecule has 0 N–H and O–H groups in total. The molecular formula is C23H25N3O3. The van der Waals surface area contributed by atoms with Crippen molar-refractivity contribution < 1.29 is 14.1 Å². The number of ether oxygens (including phenoxy) is 1. The molecule has 3 aromatic rings. The van der Waals surface area contributed by atoms with E-state index in [1.807, 2.05) is 43.3 Å². The Kier molecular flexibility index (Phi) is 5.34. The van der Waals surface area contributed by atoms with Crippen LogP contribution in [0.15, 0.2) is 53.1 Å². The number of aromatic nitrogens is 2. The van der Waals surface area contributed by atoms with Gasteiger partial charge in [0.1, 0.15) is 5.75 Å². The van der Waals surface area contributed by atoms with Gasteiger partial charge in [0, 0.05) is 24.2 Å². The summed E-state index contributed by atoms with van der Waals surface area (Å²) >= 11 is 0. The van der Waals surface area contributed by atoms with Crippen molar-refractivity contribution in [1.82, 2.24) is 10.1 Å². The van der Waals surface area contributed by atoms with Crippen molar-refractivity contribution in [1.29, 1.82) is 0 Å². The first kappa shape index (κ1) is 19.2. The monoisotopic (exact) mass is 391 g/mol. The summed E-state index contributed by atoms with van der Waals surface area (Å²) in [6.07, 6.45) is 0.362. The normalized spacial score (nSPS) is 16.6. The van der Waals surface area contributed by atoms with Crippen LogP contribution < -0.4 is 9.64 Å². The van der Waals surface area contributed by atoms with Gasteiger partial charge in [0.2, 0.25) is 17.6 Å². The highest BCUT2D eigenvalue weighted by Gasteiger charge is 2.35. The molecule has 6 heteroatoms. The fourth-order valence-electron chi connectivity index (χ4n) is 3.55. The van der Waals surface area contributed by atoms with Gasteiger partial charge in [0.25, 0.3) is 0 Å². The van der Waals surface area contributed by atoms with Crippen molar-refractivity contribution in [2.75, 3.05) is 18.1 Å². The van der Waals surface area contributed by atoms with E-state index in [1.54, 1.807) is 4.90 Å². The van der Waals surface area contributed by atoms with E-state index < -0.39 is 0 Å². The minimum Gasteiger partial charge on any atom is -0.494 e. The van der Waals surface area contributed by atoms with E-state index in [1.165, 1.54) is 5.56 Å². The molecule has 1 saturated heterocycles. The molecule has 1 amide bonds. The summed E-state index contributed by atoms with van der Waals surface area (Å²) in [6.45, 7) is 7.41. The standard InChI is InChI=1S/C23H25N3O3/c1-4-28-20-11-9-19(10-12-20)26-14-18(13-21(26)27)23-24-22(25-29-23)17-7-5-16(6-8-17)15(2)3/h5-12,15,18H,4,13-14H2,1-3H3. The van der Waals surface area contributed by atoms with Crippen LogP contribution in [-0.4, -0.2) is 29.2 Å². The van der Waals surface area contributed by atoms with Gasteiger partial charge >= 0.3 is 0 Å². The zero-order valence-electron chi connectivity index (χ0n) is 17.0. The van der Waals surface area contributed by atoms with E-state index in [0.717, 1.165) is 17.0 Å². The minimum atomic E-state index is -0.106. The lowest BCUT2D eigenvalue weighted by Crippen LogP contribution is -2.24. The number of rotatable bonds is 6. The minimum absolute atomic E-state index is 0.0557. The molecule has 4 rings (SSSR count). The zero-order valence-corrected chi connectivity index (χ0v) is 17.0. The fraction of sp³-hybridized carbons (Fsp3) is 0.348. The van der Waals surface area contributed by atoms with Gasteiger partial charge in [-0.1, -0.05) is 43.3 Å². The molecule has 29 heavy (non-hydrogen) atoms. The van der Waals surface area contributed by atoms with Crippen molar-refractivity contribution >= 4 is 11.6 Å². The summed E-state index contributed by atoms with van der Waals surface area (Å²) in [5.41, 5.74) is 3.03. The highest BCUT2D eigenvalue weighted by molar-refractivity contribution is 5.96. The maximum Gasteiger partial charge on any atom is 0.232 e. The number of anilines is 1. The fourth-order valence-corrected chi connectivity index (χ4v) is 3.55. The molecule has 150 valence electrons. The van der Waals surface area contributed by atoms with E-state index in [9.17, 15) is 4.79 Å². The van der Waals surface area contributed by atoms with Crippen molar-refractivity contribution in [3.05, 3.63) is 60.0 Å². The van der Waals surface area contributed by atoms with E-state index in [4.69, 9.17) is 9.26 Å². The summed E-state index contributed by atoms with van der Waals surface area (Å²) in [6, 6.07) is 15.8. The highest BCUT2D eigenvalue weighted by Crippen LogP contribution is 2.32. The molecule has 6 nitrogen and oxygen atoms in total. The molecule has 0 aliphatic carbocycles. The molecule has 1 aromatic heterocycles. The quantitative estimate of drug-likeness (QED) is 0.605. The Labute approximate surface area is 170 Å². The van der Waals surface area contributed by atoms with E-state index in [0.29, 0.717) is 37.2 Å². The second kappa shape index (κ2) is 8.07. The Morgan fingerprint density at radius 2 is 1.86 bits per heavy atom. The number of carbonyl (C=O) groups is 1. The average molecular weight is 391 g/mol. The molecule has 1 atom stereocenters. The molecule has 0 spiro atoms. The third kappa shape index (κ3) is 4.01. The summed E-state index contributed by atoms with van der Waals surface area (Å²) in [5.74, 6) is 2.29. The number of nitrogens with zero attached hydrogens (tertiary/aromatic N) is 3. The van der Waals surface area contributed by atoms with Crippen LogP contribution in [0.4, 0.5) is 5.69 Å². The Morgan fingerprint density at radius 3 is 2.52 bits per heavy atom. The maximum absolute atomic E-state index is 12.6. The van der Waals surface area contributed by atoms with Gasteiger partial charge in [0.05, 0.1) is 12.5 Å². The molecule has 2 aromatic carbocycles. The largest absolute Gasteiger partial charge is 0.494 e. The lowest BCUT2D eigenvalue weighted by molar-refractivity contribution is -0.117. The molecule has 1 unspecified atom stereocenters. The number of amides is 1. The van der Waals surface area contributed by atoms with Crippen molar-refractivity contribution in [3.63, 3.8) is 0 Å². The average Bonchev–Trinajstić information content (AvgIpc) is 3.36. The summed E-state index contributed by atoms with van der Waals surface area (Å²) < 4.78 is 11.0. The van der Waals surface area contributed by atoms with Gasteiger partial charge in [-0.3, -0.25) is 4.79 Å². The Bertz CT molecular complexity index is 977. The second-order valence-electron chi connectivity index (χ2n) is 7.57. The van der Waals surface area contributed by atoms with Crippen molar-refractivity contribution in [3.8, 4) is 17.1 Å². The number of hydrogen-bond donors (Lipinski definition) is 0. The Balaban J connectivity index is 1.48. The third-order valence-electron chi connectivity index (χ3n) is 5.21.